The SMILES string of the molecule is COc1ccc(CNC(=O)/C(C#N)=C\Nc2ccccc2C(C)C)cc1. The number of rotatable bonds is 7. The van der Waals surface area contributed by atoms with Crippen LogP contribution in [-0.2, 0) is 11.3 Å². The van der Waals surface area contributed by atoms with Gasteiger partial charge in [0.05, 0.1) is 7.11 Å². The summed E-state index contributed by atoms with van der Waals surface area (Å²) in [4.78, 5) is 12.2. The topological polar surface area (TPSA) is 74.1 Å². The van der Waals surface area contributed by atoms with Crippen molar-refractivity contribution in [3.63, 3.8) is 0 Å². The van der Waals surface area contributed by atoms with Crippen molar-refractivity contribution in [1.82, 2.24) is 5.32 Å². The van der Waals surface area contributed by atoms with Gasteiger partial charge in [-0.2, -0.15) is 5.26 Å². The zero-order valence-electron chi connectivity index (χ0n) is 15.2. The van der Waals surface area contributed by atoms with Gasteiger partial charge in [0.15, 0.2) is 0 Å². The number of benzene rings is 2. The molecule has 5 nitrogen and oxygen atoms in total. The lowest BCUT2D eigenvalue weighted by molar-refractivity contribution is -0.117. The summed E-state index contributed by atoms with van der Waals surface area (Å²) in [6.45, 7) is 4.53. The smallest absolute Gasteiger partial charge is 0.263 e. The van der Waals surface area contributed by atoms with Gasteiger partial charge in [0.2, 0.25) is 0 Å². The van der Waals surface area contributed by atoms with Gasteiger partial charge in [0.25, 0.3) is 5.91 Å². The Morgan fingerprint density at radius 2 is 1.88 bits per heavy atom. The van der Waals surface area contributed by atoms with Crippen LogP contribution in [0.15, 0.2) is 60.3 Å². The summed E-state index contributed by atoms with van der Waals surface area (Å²) in [7, 11) is 1.60. The highest BCUT2D eigenvalue weighted by atomic mass is 16.5. The van der Waals surface area contributed by atoms with E-state index in [1.165, 1.54) is 6.20 Å². The molecule has 0 fully saturated rings. The first-order valence-electron chi connectivity index (χ1n) is 8.42. The predicted octanol–water partition coefficient (Wildman–Crippen LogP) is 3.95. The van der Waals surface area contributed by atoms with E-state index in [1.54, 1.807) is 7.11 Å². The number of ether oxygens (including phenoxy) is 1. The summed E-state index contributed by atoms with van der Waals surface area (Å²) in [5.41, 5.74) is 2.96. The van der Waals surface area contributed by atoms with Crippen LogP contribution >= 0.6 is 0 Å². The van der Waals surface area contributed by atoms with Crippen molar-refractivity contribution < 1.29 is 9.53 Å². The summed E-state index contributed by atoms with van der Waals surface area (Å²) in [6, 6.07) is 17.2. The standard InChI is InChI=1S/C21H23N3O2/c1-15(2)19-6-4-5-7-20(19)23-14-17(12-22)21(25)24-13-16-8-10-18(26-3)11-9-16/h4-11,14-15,23H,13H2,1-3H3,(H,24,25)/b17-14-. The monoisotopic (exact) mass is 349 g/mol. The molecule has 0 aliphatic carbocycles. The third kappa shape index (κ3) is 5.12. The maximum atomic E-state index is 12.2. The van der Waals surface area contributed by atoms with Gasteiger partial charge in [-0.25, -0.2) is 0 Å². The van der Waals surface area contributed by atoms with Crippen molar-refractivity contribution in [3.05, 3.63) is 71.4 Å². The molecule has 1 amide bonds. The van der Waals surface area contributed by atoms with Crippen LogP contribution in [0.3, 0.4) is 0 Å². The summed E-state index contributed by atoms with van der Waals surface area (Å²) >= 11 is 0. The van der Waals surface area contributed by atoms with E-state index in [2.05, 4.69) is 24.5 Å². The molecule has 0 atom stereocenters. The number of nitrogens with one attached hydrogen (secondary N) is 2. The number of para-hydroxylation sites is 1. The maximum absolute atomic E-state index is 12.2. The van der Waals surface area contributed by atoms with Gasteiger partial charge < -0.3 is 15.4 Å². The van der Waals surface area contributed by atoms with Crippen molar-refractivity contribution >= 4 is 11.6 Å². The molecular formula is C21H23N3O2. The number of anilines is 1. The fourth-order valence-electron chi connectivity index (χ4n) is 2.45. The molecule has 0 saturated heterocycles. The van der Waals surface area contributed by atoms with E-state index in [0.717, 1.165) is 22.6 Å². The van der Waals surface area contributed by atoms with Gasteiger partial charge >= 0.3 is 0 Å². The third-order valence-electron chi connectivity index (χ3n) is 3.93. The van der Waals surface area contributed by atoms with Crippen LogP contribution in [0.5, 0.6) is 5.75 Å². The minimum Gasteiger partial charge on any atom is -0.497 e. The van der Waals surface area contributed by atoms with Gasteiger partial charge in [-0.15, -0.1) is 0 Å². The Bertz CT molecular complexity index is 818. The Balaban J connectivity index is 2.01. The molecule has 0 spiro atoms. The van der Waals surface area contributed by atoms with Gasteiger partial charge in [-0.05, 0) is 35.2 Å². The quantitative estimate of drug-likeness (QED) is 0.586. The highest BCUT2D eigenvalue weighted by Crippen LogP contribution is 2.23. The summed E-state index contributed by atoms with van der Waals surface area (Å²) in [5.74, 6) is 0.671. The zero-order valence-corrected chi connectivity index (χ0v) is 15.2. The lowest BCUT2D eigenvalue weighted by Gasteiger charge is -2.12. The molecule has 0 unspecified atom stereocenters. The molecule has 0 aromatic heterocycles. The molecule has 0 saturated carbocycles. The highest BCUT2D eigenvalue weighted by Gasteiger charge is 2.10. The van der Waals surface area contributed by atoms with Gasteiger partial charge in [0, 0.05) is 18.4 Å². The zero-order chi connectivity index (χ0) is 18.9. The number of carbonyl (C=O) groups excluding carboxylic acids is 1. The highest BCUT2D eigenvalue weighted by molar-refractivity contribution is 5.97. The molecule has 5 heteroatoms. The van der Waals surface area contributed by atoms with E-state index >= 15 is 0 Å². The van der Waals surface area contributed by atoms with Crippen molar-refractivity contribution in [2.45, 2.75) is 26.3 Å². The Labute approximate surface area is 154 Å². The van der Waals surface area contributed by atoms with E-state index in [1.807, 2.05) is 54.6 Å². The van der Waals surface area contributed by atoms with Crippen molar-refractivity contribution in [2.24, 2.45) is 0 Å². The minimum absolute atomic E-state index is 0.0251. The van der Waals surface area contributed by atoms with Crippen LogP contribution in [-0.4, -0.2) is 13.0 Å². The molecule has 2 rings (SSSR count). The number of hydrogen-bond donors (Lipinski definition) is 2. The Morgan fingerprint density at radius 3 is 2.50 bits per heavy atom. The molecule has 0 aliphatic rings. The molecular weight excluding hydrogens is 326 g/mol. The van der Waals surface area contributed by atoms with Crippen LogP contribution in [0.2, 0.25) is 0 Å². The molecule has 2 N–H and O–H groups in total. The van der Waals surface area contributed by atoms with E-state index in [9.17, 15) is 10.1 Å². The van der Waals surface area contributed by atoms with E-state index in [-0.39, 0.29) is 5.57 Å². The fraction of sp³-hybridized carbons (Fsp3) is 0.238. The lowest BCUT2D eigenvalue weighted by Crippen LogP contribution is -2.24. The molecule has 26 heavy (non-hydrogen) atoms. The number of hydrogen-bond acceptors (Lipinski definition) is 4. The molecule has 0 heterocycles. The first-order chi connectivity index (χ1) is 12.5. The molecule has 2 aromatic carbocycles. The Morgan fingerprint density at radius 1 is 1.19 bits per heavy atom. The van der Waals surface area contributed by atoms with Crippen LogP contribution < -0.4 is 15.4 Å². The first-order valence-corrected chi connectivity index (χ1v) is 8.42. The second-order valence-electron chi connectivity index (χ2n) is 6.09. The van der Waals surface area contributed by atoms with Crippen molar-refractivity contribution in [2.75, 3.05) is 12.4 Å². The second-order valence-corrected chi connectivity index (χ2v) is 6.09. The largest absolute Gasteiger partial charge is 0.497 e. The van der Waals surface area contributed by atoms with E-state index in [0.29, 0.717) is 12.5 Å². The fourth-order valence-corrected chi connectivity index (χ4v) is 2.45. The molecule has 0 bridgehead atoms. The lowest BCUT2D eigenvalue weighted by atomic mass is 10.0. The molecule has 134 valence electrons. The van der Waals surface area contributed by atoms with Crippen molar-refractivity contribution in [1.29, 1.82) is 5.26 Å². The number of nitrogens with zero attached hydrogens (tertiary/aromatic N) is 1. The average Bonchev–Trinajstić information content (AvgIpc) is 2.67. The van der Waals surface area contributed by atoms with Crippen LogP contribution in [0.4, 0.5) is 5.69 Å². The van der Waals surface area contributed by atoms with Crippen LogP contribution in [0.25, 0.3) is 0 Å². The third-order valence-corrected chi connectivity index (χ3v) is 3.93. The Kier molecular flexibility index (Phi) is 6.81. The number of carbonyl (C=O) groups is 1. The summed E-state index contributed by atoms with van der Waals surface area (Å²) in [6.07, 6.45) is 1.45. The van der Waals surface area contributed by atoms with E-state index < -0.39 is 5.91 Å². The average molecular weight is 349 g/mol. The Hall–Kier alpha value is -3.26. The number of amides is 1. The predicted molar refractivity (Wildman–Crippen MR) is 103 cm³/mol. The minimum atomic E-state index is -0.419. The van der Waals surface area contributed by atoms with E-state index in [4.69, 9.17) is 4.74 Å². The normalized spacial score (nSPS) is 11.0. The van der Waals surface area contributed by atoms with Gasteiger partial charge in [-0.1, -0.05) is 44.2 Å². The molecule has 2 aromatic rings. The molecule has 0 radical (unpaired) electrons. The number of nitriles is 1. The van der Waals surface area contributed by atoms with Gasteiger partial charge in [-0.3, -0.25) is 4.79 Å². The second kappa shape index (κ2) is 9.28. The van der Waals surface area contributed by atoms with Gasteiger partial charge in [0.1, 0.15) is 17.4 Å². The van der Waals surface area contributed by atoms with Crippen LogP contribution in [0, 0.1) is 11.3 Å². The van der Waals surface area contributed by atoms with Crippen LogP contribution in [0.1, 0.15) is 30.9 Å². The first kappa shape index (κ1) is 19.1. The van der Waals surface area contributed by atoms with Crippen molar-refractivity contribution in [3.8, 4) is 11.8 Å². The summed E-state index contributed by atoms with van der Waals surface area (Å²) in [5, 5.41) is 15.1. The summed E-state index contributed by atoms with van der Waals surface area (Å²) < 4.78 is 5.10. The number of methoxy groups -OCH3 is 1. The maximum Gasteiger partial charge on any atom is 0.263 e. The molecule has 0 aliphatic heterocycles.